The van der Waals surface area contributed by atoms with Gasteiger partial charge in [-0.2, -0.15) is 5.10 Å². The van der Waals surface area contributed by atoms with Gasteiger partial charge in [-0.1, -0.05) is 0 Å². The van der Waals surface area contributed by atoms with Crippen molar-refractivity contribution in [2.75, 3.05) is 11.5 Å². The summed E-state index contributed by atoms with van der Waals surface area (Å²) in [7, 11) is 1.82. The van der Waals surface area contributed by atoms with Gasteiger partial charge in [-0.25, -0.2) is 0 Å². The molecule has 0 fully saturated rings. The molecule has 94 valence electrons. The lowest BCUT2D eigenvalue weighted by atomic mass is 10.1. The van der Waals surface area contributed by atoms with Gasteiger partial charge in [0.15, 0.2) is 0 Å². The molecule has 0 saturated heterocycles. The molecular formula is C12H15N5O. The fraction of sp³-hybridized carbons (Fsp3) is 0.167. The van der Waals surface area contributed by atoms with E-state index in [-0.39, 0.29) is 5.91 Å². The van der Waals surface area contributed by atoms with Crippen LogP contribution in [-0.4, -0.2) is 15.7 Å². The first-order valence-corrected chi connectivity index (χ1v) is 5.47. The molecule has 0 aliphatic heterocycles. The third-order valence-corrected chi connectivity index (χ3v) is 2.53. The Morgan fingerprint density at radius 2 is 2.22 bits per heavy atom. The molecule has 1 aromatic heterocycles. The molecule has 6 heteroatoms. The van der Waals surface area contributed by atoms with Crippen molar-refractivity contribution in [2.45, 2.75) is 6.54 Å². The van der Waals surface area contributed by atoms with Gasteiger partial charge in [-0.05, 0) is 18.2 Å². The van der Waals surface area contributed by atoms with E-state index in [2.05, 4.69) is 10.4 Å². The number of rotatable bonds is 3. The topological polar surface area (TPSA) is 99.0 Å². The summed E-state index contributed by atoms with van der Waals surface area (Å²) in [5.74, 6) is -0.226. The number of nitrogen functional groups attached to an aromatic ring is 2. The second-order valence-electron chi connectivity index (χ2n) is 4.05. The third-order valence-electron chi connectivity index (χ3n) is 2.53. The van der Waals surface area contributed by atoms with Crippen molar-refractivity contribution in [3.63, 3.8) is 0 Å². The van der Waals surface area contributed by atoms with Crippen LogP contribution in [0.2, 0.25) is 0 Å². The summed E-state index contributed by atoms with van der Waals surface area (Å²) in [5, 5.41) is 6.80. The minimum atomic E-state index is -0.226. The zero-order valence-corrected chi connectivity index (χ0v) is 10.1. The zero-order chi connectivity index (χ0) is 13.1. The summed E-state index contributed by atoms with van der Waals surface area (Å²) in [4.78, 5) is 11.9. The van der Waals surface area contributed by atoms with E-state index < -0.39 is 0 Å². The van der Waals surface area contributed by atoms with E-state index in [4.69, 9.17) is 11.5 Å². The number of aryl methyl sites for hydroxylation is 1. The monoisotopic (exact) mass is 245 g/mol. The molecule has 2 aromatic rings. The number of hydrogen-bond donors (Lipinski definition) is 3. The summed E-state index contributed by atoms with van der Waals surface area (Å²) >= 11 is 0. The van der Waals surface area contributed by atoms with Gasteiger partial charge in [-0.15, -0.1) is 0 Å². The second kappa shape index (κ2) is 4.79. The minimum absolute atomic E-state index is 0.226. The molecule has 0 bridgehead atoms. The molecule has 0 atom stereocenters. The van der Waals surface area contributed by atoms with Crippen LogP contribution in [0, 0.1) is 0 Å². The lowest BCUT2D eigenvalue weighted by Crippen LogP contribution is -2.23. The van der Waals surface area contributed by atoms with Gasteiger partial charge in [0.05, 0.1) is 11.8 Å². The predicted octanol–water partition coefficient (Wildman–Crippen LogP) is 0.514. The fourth-order valence-corrected chi connectivity index (χ4v) is 1.63. The number of nitrogens with two attached hydrogens (primary N) is 2. The number of carbonyl (C=O) groups excluding carboxylic acids is 1. The highest BCUT2D eigenvalue weighted by molar-refractivity contribution is 5.99. The van der Waals surface area contributed by atoms with Crippen molar-refractivity contribution in [3.05, 3.63) is 41.7 Å². The third kappa shape index (κ3) is 2.60. The van der Waals surface area contributed by atoms with Gasteiger partial charge in [-0.3, -0.25) is 9.48 Å². The number of carbonyl (C=O) groups is 1. The molecule has 5 N–H and O–H groups in total. The fourth-order valence-electron chi connectivity index (χ4n) is 1.63. The lowest BCUT2D eigenvalue weighted by molar-refractivity contribution is 0.0952. The van der Waals surface area contributed by atoms with E-state index >= 15 is 0 Å². The summed E-state index contributed by atoms with van der Waals surface area (Å²) in [5.41, 5.74) is 13.6. The van der Waals surface area contributed by atoms with Crippen molar-refractivity contribution in [1.82, 2.24) is 15.1 Å². The van der Waals surface area contributed by atoms with Crippen LogP contribution in [0.5, 0.6) is 0 Å². The number of amides is 1. The maximum atomic E-state index is 11.9. The normalized spacial score (nSPS) is 10.3. The molecule has 6 nitrogen and oxygen atoms in total. The zero-order valence-electron chi connectivity index (χ0n) is 10.1. The number of anilines is 2. The Hall–Kier alpha value is -2.50. The Bertz CT molecular complexity index is 576. The standard InChI is InChI=1S/C12H15N5O/c1-17-7-8(6-16-17)5-15-12(18)10-3-2-9(13)4-11(10)14/h2-4,6-7H,5,13-14H2,1H3,(H,15,18). The van der Waals surface area contributed by atoms with Crippen LogP contribution < -0.4 is 16.8 Å². The number of nitrogens with one attached hydrogen (secondary N) is 1. The molecule has 0 spiro atoms. The van der Waals surface area contributed by atoms with Crippen LogP contribution in [0.3, 0.4) is 0 Å². The summed E-state index contributed by atoms with van der Waals surface area (Å²) < 4.78 is 1.68. The predicted molar refractivity (Wildman–Crippen MR) is 69.6 cm³/mol. The first-order valence-electron chi connectivity index (χ1n) is 5.47. The van der Waals surface area contributed by atoms with E-state index in [1.807, 2.05) is 13.2 Å². The molecule has 1 heterocycles. The SMILES string of the molecule is Cn1cc(CNC(=O)c2ccc(N)cc2N)cn1. The molecule has 0 unspecified atom stereocenters. The summed E-state index contributed by atoms with van der Waals surface area (Å²) in [6.45, 7) is 0.413. The van der Waals surface area contributed by atoms with Crippen LogP contribution >= 0.6 is 0 Å². The maximum Gasteiger partial charge on any atom is 0.253 e. The molecule has 0 aliphatic rings. The van der Waals surface area contributed by atoms with E-state index in [1.165, 1.54) is 0 Å². The first-order chi connectivity index (χ1) is 8.56. The van der Waals surface area contributed by atoms with Crippen LogP contribution in [0.4, 0.5) is 11.4 Å². The Morgan fingerprint density at radius 3 is 2.83 bits per heavy atom. The highest BCUT2D eigenvalue weighted by atomic mass is 16.1. The average Bonchev–Trinajstić information content (AvgIpc) is 2.72. The van der Waals surface area contributed by atoms with Gasteiger partial charge in [0, 0.05) is 36.7 Å². The number of aromatic nitrogens is 2. The largest absolute Gasteiger partial charge is 0.399 e. The average molecular weight is 245 g/mol. The van der Waals surface area contributed by atoms with Gasteiger partial charge in [0.1, 0.15) is 0 Å². The molecule has 0 saturated carbocycles. The van der Waals surface area contributed by atoms with Crippen molar-refractivity contribution in [2.24, 2.45) is 7.05 Å². The van der Waals surface area contributed by atoms with Gasteiger partial charge in [0.2, 0.25) is 0 Å². The maximum absolute atomic E-state index is 11.9. The smallest absolute Gasteiger partial charge is 0.253 e. The van der Waals surface area contributed by atoms with Crippen LogP contribution in [0.15, 0.2) is 30.6 Å². The van der Waals surface area contributed by atoms with Gasteiger partial charge < -0.3 is 16.8 Å². The Kier molecular flexibility index (Phi) is 3.18. The number of hydrogen-bond acceptors (Lipinski definition) is 4. The van der Waals surface area contributed by atoms with Crippen molar-refractivity contribution < 1.29 is 4.79 Å². The molecular weight excluding hydrogens is 230 g/mol. The number of benzene rings is 1. The Labute approximate surface area is 105 Å². The highest BCUT2D eigenvalue weighted by Crippen LogP contribution is 2.15. The molecule has 18 heavy (non-hydrogen) atoms. The first kappa shape index (κ1) is 12.0. The van der Waals surface area contributed by atoms with E-state index in [1.54, 1.807) is 29.1 Å². The van der Waals surface area contributed by atoms with Crippen molar-refractivity contribution in [1.29, 1.82) is 0 Å². The lowest BCUT2D eigenvalue weighted by Gasteiger charge is -2.07. The molecule has 1 aromatic carbocycles. The quantitative estimate of drug-likeness (QED) is 0.686. The van der Waals surface area contributed by atoms with E-state index in [0.29, 0.717) is 23.5 Å². The van der Waals surface area contributed by atoms with E-state index in [0.717, 1.165) is 5.56 Å². The van der Waals surface area contributed by atoms with Crippen molar-refractivity contribution >= 4 is 17.3 Å². The second-order valence-corrected chi connectivity index (χ2v) is 4.05. The van der Waals surface area contributed by atoms with Crippen LogP contribution in [-0.2, 0) is 13.6 Å². The van der Waals surface area contributed by atoms with Gasteiger partial charge >= 0.3 is 0 Å². The summed E-state index contributed by atoms with van der Waals surface area (Å²) in [6, 6.07) is 4.83. The summed E-state index contributed by atoms with van der Waals surface area (Å²) in [6.07, 6.45) is 3.54. The van der Waals surface area contributed by atoms with Crippen LogP contribution in [0.1, 0.15) is 15.9 Å². The van der Waals surface area contributed by atoms with Gasteiger partial charge in [0.25, 0.3) is 5.91 Å². The minimum Gasteiger partial charge on any atom is -0.399 e. The molecule has 1 amide bonds. The molecule has 2 rings (SSSR count). The molecule has 0 radical (unpaired) electrons. The van der Waals surface area contributed by atoms with E-state index in [9.17, 15) is 4.79 Å². The number of nitrogens with zero attached hydrogens (tertiary/aromatic N) is 2. The van der Waals surface area contributed by atoms with Crippen molar-refractivity contribution in [3.8, 4) is 0 Å². The molecule has 0 aliphatic carbocycles. The highest BCUT2D eigenvalue weighted by Gasteiger charge is 2.09. The van der Waals surface area contributed by atoms with Crippen LogP contribution in [0.25, 0.3) is 0 Å². The Balaban J connectivity index is 2.03. The Morgan fingerprint density at radius 1 is 1.44 bits per heavy atom.